The SMILES string of the molecule is CN1CCN(C(=O)c2cc(Oc3ccc(Nc4cc(-c5ccccc5)nc(N)n4)cc3)ccn2)CC1. The minimum atomic E-state index is -0.0768. The summed E-state index contributed by atoms with van der Waals surface area (Å²) in [5.74, 6) is 1.90. The number of nitrogens with zero attached hydrogens (tertiary/aromatic N) is 5. The normalized spacial score (nSPS) is 13.9. The number of benzene rings is 2. The first-order chi connectivity index (χ1) is 17.5. The number of nitrogens with two attached hydrogens (primary N) is 1. The smallest absolute Gasteiger partial charge is 0.272 e. The number of carbonyl (C=O) groups excluding carboxylic acids is 1. The molecule has 3 N–H and O–H groups in total. The Balaban J connectivity index is 1.25. The predicted octanol–water partition coefficient (Wildman–Crippen LogP) is 4.04. The van der Waals surface area contributed by atoms with E-state index in [4.69, 9.17) is 10.5 Å². The molecule has 1 aliphatic rings. The van der Waals surface area contributed by atoms with E-state index in [0.29, 0.717) is 36.1 Å². The van der Waals surface area contributed by atoms with E-state index in [9.17, 15) is 4.79 Å². The fraction of sp³-hybridized carbons (Fsp3) is 0.185. The second-order valence-corrected chi connectivity index (χ2v) is 8.59. The molecule has 0 unspecified atom stereocenters. The molecule has 4 aromatic rings. The molecule has 3 heterocycles. The van der Waals surface area contributed by atoms with Gasteiger partial charge >= 0.3 is 0 Å². The van der Waals surface area contributed by atoms with Crippen molar-refractivity contribution in [3.63, 3.8) is 0 Å². The van der Waals surface area contributed by atoms with Crippen LogP contribution in [0.25, 0.3) is 11.3 Å². The number of nitrogens with one attached hydrogen (secondary N) is 1. The number of anilines is 3. The fourth-order valence-electron chi connectivity index (χ4n) is 3.94. The number of carbonyl (C=O) groups is 1. The molecule has 0 radical (unpaired) electrons. The summed E-state index contributed by atoms with van der Waals surface area (Å²) in [7, 11) is 2.06. The molecule has 0 atom stereocenters. The third-order valence-electron chi connectivity index (χ3n) is 5.92. The van der Waals surface area contributed by atoms with Crippen molar-refractivity contribution in [2.75, 3.05) is 44.3 Å². The predicted molar refractivity (Wildman–Crippen MR) is 139 cm³/mol. The summed E-state index contributed by atoms with van der Waals surface area (Å²) in [4.78, 5) is 29.7. The number of ether oxygens (including phenoxy) is 1. The van der Waals surface area contributed by atoms with Gasteiger partial charge in [-0.15, -0.1) is 0 Å². The van der Waals surface area contributed by atoms with E-state index in [2.05, 4.69) is 32.2 Å². The van der Waals surface area contributed by atoms with Crippen molar-refractivity contribution in [3.05, 3.63) is 84.7 Å². The molecule has 2 aromatic carbocycles. The van der Waals surface area contributed by atoms with Crippen LogP contribution in [0, 0.1) is 0 Å². The monoisotopic (exact) mass is 481 g/mol. The lowest BCUT2D eigenvalue weighted by Gasteiger charge is -2.32. The van der Waals surface area contributed by atoms with Crippen LogP contribution in [-0.4, -0.2) is 63.9 Å². The summed E-state index contributed by atoms with van der Waals surface area (Å²) in [5.41, 5.74) is 8.83. The molecule has 0 bridgehead atoms. The van der Waals surface area contributed by atoms with E-state index in [-0.39, 0.29) is 11.9 Å². The first-order valence-electron chi connectivity index (χ1n) is 11.7. The molecule has 9 heteroatoms. The molecule has 5 rings (SSSR count). The van der Waals surface area contributed by atoms with Crippen LogP contribution in [-0.2, 0) is 0 Å². The van der Waals surface area contributed by atoms with Crippen molar-refractivity contribution < 1.29 is 9.53 Å². The van der Waals surface area contributed by atoms with Gasteiger partial charge in [-0.25, -0.2) is 4.98 Å². The summed E-state index contributed by atoms with van der Waals surface area (Å²) in [6.07, 6.45) is 1.60. The van der Waals surface area contributed by atoms with Crippen LogP contribution in [0.2, 0.25) is 0 Å². The largest absolute Gasteiger partial charge is 0.457 e. The standard InChI is InChI=1S/C27H27N7O2/c1-33-13-15-34(16-14-33)26(35)24-17-22(11-12-29-24)36-21-9-7-20(8-10-21)30-25-18-23(31-27(28)32-25)19-5-3-2-4-6-19/h2-12,17-18H,13-16H2,1H3,(H3,28,30,31,32). The van der Waals surface area contributed by atoms with Crippen LogP contribution >= 0.6 is 0 Å². The van der Waals surface area contributed by atoms with Gasteiger partial charge in [-0.2, -0.15) is 4.98 Å². The molecule has 0 spiro atoms. The lowest BCUT2D eigenvalue weighted by atomic mass is 10.1. The van der Waals surface area contributed by atoms with Gasteiger partial charge in [-0.3, -0.25) is 9.78 Å². The Kier molecular flexibility index (Phi) is 6.72. The van der Waals surface area contributed by atoms with Gasteiger partial charge in [-0.1, -0.05) is 30.3 Å². The zero-order chi connectivity index (χ0) is 24.9. The number of hydrogen-bond donors (Lipinski definition) is 2. The van der Waals surface area contributed by atoms with Gasteiger partial charge in [0.25, 0.3) is 5.91 Å². The minimum Gasteiger partial charge on any atom is -0.457 e. The van der Waals surface area contributed by atoms with Gasteiger partial charge in [0.05, 0.1) is 5.69 Å². The molecule has 1 saturated heterocycles. The number of pyridine rings is 1. The molecule has 182 valence electrons. The number of likely N-dealkylation sites (N-methyl/N-ethyl adjacent to an activating group) is 1. The number of rotatable bonds is 6. The Morgan fingerprint density at radius 2 is 1.67 bits per heavy atom. The van der Waals surface area contributed by atoms with E-state index in [0.717, 1.165) is 30.0 Å². The molecule has 1 fully saturated rings. The Morgan fingerprint density at radius 3 is 2.42 bits per heavy atom. The molecule has 2 aromatic heterocycles. The summed E-state index contributed by atoms with van der Waals surface area (Å²) in [5, 5.41) is 3.26. The Bertz CT molecular complexity index is 1340. The molecule has 36 heavy (non-hydrogen) atoms. The highest BCUT2D eigenvalue weighted by Gasteiger charge is 2.21. The quantitative estimate of drug-likeness (QED) is 0.425. The zero-order valence-corrected chi connectivity index (χ0v) is 20.0. The average Bonchev–Trinajstić information content (AvgIpc) is 2.90. The van der Waals surface area contributed by atoms with E-state index in [1.807, 2.05) is 65.6 Å². The Morgan fingerprint density at radius 1 is 0.917 bits per heavy atom. The second kappa shape index (κ2) is 10.4. The number of nitrogen functional groups attached to an aromatic ring is 1. The van der Waals surface area contributed by atoms with Crippen molar-refractivity contribution in [1.82, 2.24) is 24.8 Å². The molecule has 9 nitrogen and oxygen atoms in total. The van der Waals surface area contributed by atoms with Gasteiger partial charge in [0.2, 0.25) is 5.95 Å². The first-order valence-corrected chi connectivity index (χ1v) is 11.7. The number of amides is 1. The van der Waals surface area contributed by atoms with Crippen LogP contribution in [0.3, 0.4) is 0 Å². The van der Waals surface area contributed by atoms with E-state index < -0.39 is 0 Å². The highest BCUT2D eigenvalue weighted by Crippen LogP contribution is 2.26. The number of piperazine rings is 1. The molecular weight excluding hydrogens is 454 g/mol. The highest BCUT2D eigenvalue weighted by molar-refractivity contribution is 5.92. The van der Waals surface area contributed by atoms with Crippen LogP contribution < -0.4 is 15.8 Å². The van der Waals surface area contributed by atoms with Crippen molar-refractivity contribution in [2.24, 2.45) is 0 Å². The molecule has 0 aliphatic carbocycles. The third kappa shape index (κ3) is 5.59. The van der Waals surface area contributed by atoms with Crippen molar-refractivity contribution in [1.29, 1.82) is 0 Å². The minimum absolute atomic E-state index is 0.0768. The fourth-order valence-corrected chi connectivity index (χ4v) is 3.94. The van der Waals surface area contributed by atoms with E-state index >= 15 is 0 Å². The van der Waals surface area contributed by atoms with Crippen molar-refractivity contribution in [2.45, 2.75) is 0 Å². The van der Waals surface area contributed by atoms with Crippen molar-refractivity contribution in [3.8, 4) is 22.8 Å². The molecular formula is C27H27N7O2. The van der Waals surface area contributed by atoms with Crippen LogP contribution in [0.4, 0.5) is 17.5 Å². The van der Waals surface area contributed by atoms with Crippen LogP contribution in [0.1, 0.15) is 10.5 Å². The highest BCUT2D eigenvalue weighted by atomic mass is 16.5. The first kappa shape index (κ1) is 23.3. The van der Waals surface area contributed by atoms with Crippen LogP contribution in [0.5, 0.6) is 11.5 Å². The van der Waals surface area contributed by atoms with Gasteiger partial charge < -0.3 is 25.6 Å². The average molecular weight is 482 g/mol. The van der Waals surface area contributed by atoms with Crippen LogP contribution in [0.15, 0.2) is 79.0 Å². The van der Waals surface area contributed by atoms with Gasteiger partial charge in [0.1, 0.15) is 23.0 Å². The van der Waals surface area contributed by atoms with Gasteiger partial charge in [-0.05, 0) is 37.4 Å². The summed E-state index contributed by atoms with van der Waals surface area (Å²) in [6, 6.07) is 22.5. The summed E-state index contributed by atoms with van der Waals surface area (Å²) < 4.78 is 5.98. The van der Waals surface area contributed by atoms with E-state index in [1.165, 1.54) is 0 Å². The maximum atomic E-state index is 12.8. The Labute approximate surface area is 209 Å². The lowest BCUT2D eigenvalue weighted by molar-refractivity contribution is 0.0658. The van der Waals surface area contributed by atoms with Gasteiger partial charge in [0.15, 0.2) is 0 Å². The molecule has 1 aliphatic heterocycles. The maximum Gasteiger partial charge on any atom is 0.272 e. The summed E-state index contributed by atoms with van der Waals surface area (Å²) in [6.45, 7) is 3.11. The molecule has 1 amide bonds. The topological polar surface area (TPSA) is 110 Å². The number of aromatic nitrogens is 3. The Hall–Kier alpha value is -4.50. The lowest BCUT2D eigenvalue weighted by Crippen LogP contribution is -2.47. The maximum absolute atomic E-state index is 12.8. The third-order valence-corrected chi connectivity index (χ3v) is 5.92. The van der Waals surface area contributed by atoms with E-state index in [1.54, 1.807) is 18.3 Å². The summed E-state index contributed by atoms with van der Waals surface area (Å²) >= 11 is 0. The molecule has 0 saturated carbocycles. The van der Waals surface area contributed by atoms with Crippen molar-refractivity contribution >= 4 is 23.4 Å². The number of hydrogen-bond acceptors (Lipinski definition) is 8. The zero-order valence-electron chi connectivity index (χ0n) is 20.0. The second-order valence-electron chi connectivity index (χ2n) is 8.59. The van der Waals surface area contributed by atoms with Gasteiger partial charge in [0, 0.05) is 55.8 Å².